The van der Waals surface area contributed by atoms with Crippen molar-refractivity contribution in [3.8, 4) is 5.75 Å². The van der Waals surface area contributed by atoms with Gasteiger partial charge in [0.25, 0.3) is 5.91 Å². The van der Waals surface area contributed by atoms with E-state index in [-0.39, 0.29) is 39.6 Å². The highest BCUT2D eigenvalue weighted by atomic mass is 35.5. The van der Waals surface area contributed by atoms with Gasteiger partial charge in [-0.15, -0.1) is 4.37 Å². The highest BCUT2D eigenvalue weighted by Crippen LogP contribution is 2.37. The molecule has 1 amide bonds. The number of carbonyl (C=O) groups is 1. The van der Waals surface area contributed by atoms with Crippen molar-refractivity contribution in [2.24, 2.45) is 10.4 Å². The zero-order valence-corrected chi connectivity index (χ0v) is 19.3. The predicted octanol–water partition coefficient (Wildman–Crippen LogP) is 4.22. The largest absolute Gasteiger partial charge is 0.548 e. The Labute approximate surface area is 187 Å². The minimum Gasteiger partial charge on any atom is -0.548 e. The summed E-state index contributed by atoms with van der Waals surface area (Å²) in [6.07, 6.45) is 1.43. The molecule has 31 heavy (non-hydrogen) atoms. The molecule has 9 nitrogen and oxygen atoms in total. The molecule has 2 aromatic heterocycles. The summed E-state index contributed by atoms with van der Waals surface area (Å²) >= 11 is 4.26. The van der Waals surface area contributed by atoms with E-state index in [0.717, 1.165) is 0 Å². The van der Waals surface area contributed by atoms with Crippen LogP contribution in [-0.2, 0) is 0 Å². The van der Waals surface area contributed by atoms with Crippen LogP contribution in [0, 0.1) is 5.41 Å². The van der Waals surface area contributed by atoms with Crippen molar-refractivity contribution in [1.29, 1.82) is 0 Å². The topological polar surface area (TPSA) is 130 Å². The van der Waals surface area contributed by atoms with Gasteiger partial charge in [-0.05, 0) is 17.5 Å². The van der Waals surface area contributed by atoms with Crippen molar-refractivity contribution in [1.82, 2.24) is 13.6 Å². The number of aromatic nitrogens is 2. The molecule has 1 aromatic carbocycles. The number of carbonyl (C=O) groups excluding carboxylic acids is 1. The average molecular weight is 466 g/mol. The second-order valence-corrected chi connectivity index (χ2v) is 9.55. The fourth-order valence-electron chi connectivity index (χ4n) is 2.92. The van der Waals surface area contributed by atoms with Crippen LogP contribution in [0.5, 0.6) is 5.75 Å². The van der Waals surface area contributed by atoms with Crippen LogP contribution < -0.4 is 10.8 Å². The number of anilines is 2. The Morgan fingerprint density at radius 3 is 2.71 bits per heavy atom. The summed E-state index contributed by atoms with van der Waals surface area (Å²) in [5.41, 5.74) is 0.229. The number of aromatic amines is 1. The number of hydrogen-bond donors (Lipinski definition) is 3. The lowest BCUT2D eigenvalue weighted by molar-refractivity contribution is 0.0824. The Kier molecular flexibility index (Phi) is 6.44. The van der Waals surface area contributed by atoms with Gasteiger partial charge < -0.3 is 24.3 Å². The van der Waals surface area contributed by atoms with Gasteiger partial charge in [-0.1, -0.05) is 38.4 Å². The van der Waals surface area contributed by atoms with Gasteiger partial charge in [0.05, 0.1) is 16.3 Å². The third kappa shape index (κ3) is 5.09. The van der Waals surface area contributed by atoms with Crippen molar-refractivity contribution >= 4 is 40.2 Å². The molecule has 11 heteroatoms. The second-order valence-electron chi connectivity index (χ2n) is 8.23. The van der Waals surface area contributed by atoms with Gasteiger partial charge in [-0.25, -0.2) is 4.99 Å². The molecule has 0 spiro atoms. The maximum Gasteiger partial charge on any atom is 0.257 e. The maximum atomic E-state index is 12.3. The van der Waals surface area contributed by atoms with Gasteiger partial charge in [-0.3, -0.25) is 4.79 Å². The number of aromatic hydroxyl groups is 1. The van der Waals surface area contributed by atoms with E-state index in [1.54, 1.807) is 32.3 Å². The molecule has 0 radical (unpaired) electrons. The van der Waals surface area contributed by atoms with E-state index in [9.17, 15) is 14.5 Å². The Bertz CT molecular complexity index is 1160. The summed E-state index contributed by atoms with van der Waals surface area (Å²) in [4.78, 5) is 18.3. The van der Waals surface area contributed by atoms with E-state index in [1.807, 2.05) is 20.8 Å². The number of benzene rings is 1. The Morgan fingerprint density at radius 1 is 1.42 bits per heavy atom. The first-order valence-corrected chi connectivity index (χ1v) is 10.9. The number of furan rings is 1. The third-order valence-electron chi connectivity index (χ3n) is 4.44. The van der Waals surface area contributed by atoms with Gasteiger partial charge in [0.15, 0.2) is 16.9 Å². The minimum absolute atomic E-state index is 0.124. The summed E-state index contributed by atoms with van der Waals surface area (Å²) in [6, 6.07) is 5.94. The van der Waals surface area contributed by atoms with Crippen molar-refractivity contribution in [2.75, 3.05) is 19.4 Å². The molecule has 1 unspecified atom stereocenters. The van der Waals surface area contributed by atoms with Crippen LogP contribution in [-0.4, -0.2) is 43.3 Å². The minimum atomic E-state index is -1.75. The fourth-order valence-corrected chi connectivity index (χ4v) is 3.73. The van der Waals surface area contributed by atoms with Gasteiger partial charge in [0.2, 0.25) is 11.3 Å². The Morgan fingerprint density at radius 2 is 2.13 bits per heavy atom. The number of H-pyrrole nitrogens is 1. The van der Waals surface area contributed by atoms with Gasteiger partial charge in [0.1, 0.15) is 18.1 Å². The summed E-state index contributed by atoms with van der Waals surface area (Å²) in [7, 11) is 3.18. The summed E-state index contributed by atoms with van der Waals surface area (Å²) in [5, 5.41) is 14.0. The Balaban J connectivity index is 2.05. The van der Waals surface area contributed by atoms with Gasteiger partial charge in [0, 0.05) is 24.5 Å². The lowest BCUT2D eigenvalue weighted by atomic mass is 9.86. The maximum absolute atomic E-state index is 12.3. The smallest absolute Gasteiger partial charge is 0.257 e. The monoisotopic (exact) mass is 465 g/mol. The van der Waals surface area contributed by atoms with Crippen LogP contribution in [0.3, 0.4) is 0 Å². The average Bonchev–Trinajstić information content (AvgIpc) is 3.24. The number of nitrogens with zero attached hydrogens (tertiary/aromatic N) is 3. The molecule has 3 aromatic rings. The van der Waals surface area contributed by atoms with Crippen molar-refractivity contribution < 1.29 is 18.9 Å². The number of para-hydroxylation sites is 1. The van der Waals surface area contributed by atoms with E-state index >= 15 is 0 Å². The predicted molar refractivity (Wildman–Crippen MR) is 118 cm³/mol. The van der Waals surface area contributed by atoms with Crippen molar-refractivity contribution in [3.05, 3.63) is 52.4 Å². The molecule has 0 bridgehead atoms. The molecule has 0 aliphatic carbocycles. The van der Waals surface area contributed by atoms with Crippen LogP contribution in [0.1, 0.15) is 42.9 Å². The zero-order valence-electron chi connectivity index (χ0n) is 17.8. The standard InChI is InChI=1S/C20H24ClN5O4S/c1-20(2,3)16(14-9-11(21)10-30-14)23-18-17(24-31(29)25-18)22-13-8-6-7-12(15(13)27)19(28)26(4)5/h6-10,16,27H,1-5H3,(H,22,24)(H,23,25)/t16-,31?/m0/s1. The SMILES string of the molecule is CN(C)C(=O)c1cccc(Nc2n[s+]([O-])[nH]c2=N[C@@H](c2cc(Cl)co2)C(C)(C)C)c1O. The van der Waals surface area contributed by atoms with E-state index in [4.69, 9.17) is 16.0 Å². The third-order valence-corrected chi connectivity index (χ3v) is 5.36. The highest BCUT2D eigenvalue weighted by Gasteiger charge is 2.29. The molecular formula is C20H24ClN5O4S. The molecule has 0 aliphatic heterocycles. The summed E-state index contributed by atoms with van der Waals surface area (Å²) in [6.45, 7) is 5.95. The molecule has 2 heterocycles. The first kappa shape index (κ1) is 22.9. The molecule has 2 atom stereocenters. The molecule has 0 saturated carbocycles. The number of halogens is 1. The van der Waals surface area contributed by atoms with Crippen LogP contribution in [0.25, 0.3) is 0 Å². The molecule has 0 fully saturated rings. The number of hydrogen-bond acceptors (Lipinski definition) is 7. The lowest BCUT2D eigenvalue weighted by Crippen LogP contribution is -2.22. The van der Waals surface area contributed by atoms with E-state index in [2.05, 4.69) is 19.1 Å². The quantitative estimate of drug-likeness (QED) is 0.382. The van der Waals surface area contributed by atoms with Crippen molar-refractivity contribution in [2.45, 2.75) is 26.8 Å². The zero-order chi connectivity index (χ0) is 22.9. The first-order valence-electron chi connectivity index (χ1n) is 9.37. The molecule has 0 aliphatic rings. The number of nitrogens with one attached hydrogen (secondary N) is 2. The van der Waals surface area contributed by atoms with E-state index < -0.39 is 17.2 Å². The van der Waals surface area contributed by atoms with Crippen LogP contribution in [0.2, 0.25) is 5.02 Å². The van der Waals surface area contributed by atoms with Crippen LogP contribution in [0.4, 0.5) is 11.5 Å². The fraction of sp³-hybridized carbons (Fsp3) is 0.350. The van der Waals surface area contributed by atoms with Crippen LogP contribution in [0.15, 0.2) is 39.9 Å². The van der Waals surface area contributed by atoms with E-state index in [0.29, 0.717) is 10.8 Å². The van der Waals surface area contributed by atoms with E-state index in [1.165, 1.54) is 17.2 Å². The van der Waals surface area contributed by atoms with Crippen molar-refractivity contribution in [3.63, 3.8) is 0 Å². The van der Waals surface area contributed by atoms with Gasteiger partial charge >= 0.3 is 0 Å². The summed E-state index contributed by atoms with van der Waals surface area (Å²) < 4.78 is 24.4. The molecule has 0 saturated heterocycles. The number of amides is 1. The normalized spacial score (nSPS) is 13.9. The summed E-state index contributed by atoms with van der Waals surface area (Å²) in [5.74, 6) is 0.110. The molecule has 166 valence electrons. The molecule has 3 N–H and O–H groups in total. The second kappa shape index (κ2) is 8.74. The first-order chi connectivity index (χ1) is 14.5. The number of rotatable bonds is 5. The number of phenols is 1. The highest BCUT2D eigenvalue weighted by molar-refractivity contribution is 7.13. The molecule has 3 rings (SSSR count). The van der Waals surface area contributed by atoms with Gasteiger partial charge in [-0.2, -0.15) is 0 Å². The lowest BCUT2D eigenvalue weighted by Gasteiger charge is -2.25. The molecular weight excluding hydrogens is 442 g/mol. The Hall–Kier alpha value is -2.82. The number of phenolic OH excluding ortho intramolecular Hbond substituents is 1. The van der Waals surface area contributed by atoms with Crippen LogP contribution >= 0.6 is 22.7 Å².